The molecule has 1 aromatic rings. The number of thiophene rings is 1. The summed E-state index contributed by atoms with van der Waals surface area (Å²) in [6.45, 7) is 16.2. The first-order valence-corrected chi connectivity index (χ1v) is 9.29. The molecule has 2 heterocycles. The molecular formula is C18H32N2S. The molecule has 2 nitrogen and oxygen atoms in total. The van der Waals surface area contributed by atoms with Crippen LogP contribution in [-0.2, 0) is 13.1 Å². The summed E-state index contributed by atoms with van der Waals surface area (Å²) in [6.07, 6.45) is 1.38. The van der Waals surface area contributed by atoms with Crippen molar-refractivity contribution in [3.8, 4) is 0 Å². The topological polar surface area (TPSA) is 15.3 Å². The highest BCUT2D eigenvalue weighted by molar-refractivity contribution is 7.11. The van der Waals surface area contributed by atoms with E-state index in [9.17, 15) is 0 Å². The van der Waals surface area contributed by atoms with E-state index < -0.39 is 0 Å². The lowest BCUT2D eigenvalue weighted by molar-refractivity contribution is 0.0739. The van der Waals surface area contributed by atoms with Gasteiger partial charge in [0.15, 0.2) is 0 Å². The van der Waals surface area contributed by atoms with E-state index in [0.717, 1.165) is 37.4 Å². The van der Waals surface area contributed by atoms with Gasteiger partial charge in [-0.25, -0.2) is 0 Å². The maximum Gasteiger partial charge on any atom is 0.0331 e. The number of nitrogens with one attached hydrogen (secondary N) is 1. The second-order valence-electron chi connectivity index (χ2n) is 7.38. The van der Waals surface area contributed by atoms with Gasteiger partial charge in [0.25, 0.3) is 0 Å². The molecule has 1 N–H and O–H groups in total. The standard InChI is InChI=1S/C18H32N2S/c1-13(2)9-19-10-17-6-7-18(21-17)12-20-11-14(3)8-15(4)16(20)5/h6-7,13-16,19H,8-12H2,1-5H3. The van der Waals surface area contributed by atoms with Crippen LogP contribution in [-0.4, -0.2) is 24.0 Å². The van der Waals surface area contributed by atoms with Gasteiger partial charge in [0.05, 0.1) is 0 Å². The van der Waals surface area contributed by atoms with Crippen molar-refractivity contribution < 1.29 is 0 Å². The fraction of sp³-hybridized carbons (Fsp3) is 0.778. The summed E-state index contributed by atoms with van der Waals surface area (Å²) in [7, 11) is 0. The molecular weight excluding hydrogens is 276 g/mol. The van der Waals surface area contributed by atoms with Crippen LogP contribution in [0.1, 0.15) is 50.8 Å². The zero-order valence-corrected chi connectivity index (χ0v) is 15.2. The predicted molar refractivity (Wildman–Crippen MR) is 93.7 cm³/mol. The Morgan fingerprint density at radius 3 is 2.67 bits per heavy atom. The molecule has 1 aliphatic heterocycles. The van der Waals surface area contributed by atoms with E-state index in [1.54, 1.807) is 0 Å². The molecule has 0 amide bonds. The molecule has 0 radical (unpaired) electrons. The van der Waals surface area contributed by atoms with E-state index >= 15 is 0 Å². The lowest BCUT2D eigenvalue weighted by atomic mass is 9.86. The van der Waals surface area contributed by atoms with Crippen LogP contribution in [0, 0.1) is 17.8 Å². The van der Waals surface area contributed by atoms with E-state index in [1.807, 2.05) is 11.3 Å². The van der Waals surface area contributed by atoms with Crippen LogP contribution in [0.4, 0.5) is 0 Å². The molecule has 3 atom stereocenters. The van der Waals surface area contributed by atoms with Crippen molar-refractivity contribution in [1.29, 1.82) is 0 Å². The Balaban J connectivity index is 1.86. The lowest BCUT2D eigenvalue weighted by Crippen LogP contribution is -2.44. The average Bonchev–Trinajstić information content (AvgIpc) is 2.82. The first-order chi connectivity index (χ1) is 9.95. The van der Waals surface area contributed by atoms with Crippen LogP contribution in [0.25, 0.3) is 0 Å². The van der Waals surface area contributed by atoms with Gasteiger partial charge in [0.1, 0.15) is 0 Å². The highest BCUT2D eigenvalue weighted by Gasteiger charge is 2.28. The van der Waals surface area contributed by atoms with Crippen LogP contribution in [0.2, 0.25) is 0 Å². The Labute approximate surface area is 134 Å². The van der Waals surface area contributed by atoms with Gasteiger partial charge in [-0.05, 0) is 49.8 Å². The molecule has 0 saturated carbocycles. The third-order valence-corrected chi connectivity index (χ3v) is 5.72. The first-order valence-electron chi connectivity index (χ1n) is 8.48. The van der Waals surface area contributed by atoms with Gasteiger partial charge in [-0.3, -0.25) is 4.90 Å². The van der Waals surface area contributed by atoms with Crippen molar-refractivity contribution in [3.05, 3.63) is 21.9 Å². The maximum absolute atomic E-state index is 3.54. The Kier molecular flexibility index (Phi) is 6.27. The molecule has 0 aliphatic carbocycles. The van der Waals surface area contributed by atoms with Crippen molar-refractivity contribution in [2.75, 3.05) is 13.1 Å². The van der Waals surface area contributed by atoms with E-state index in [4.69, 9.17) is 0 Å². The molecule has 1 aromatic heterocycles. The monoisotopic (exact) mass is 308 g/mol. The molecule has 0 spiro atoms. The number of likely N-dealkylation sites (tertiary alicyclic amines) is 1. The third-order valence-electron chi connectivity index (χ3n) is 4.65. The first kappa shape index (κ1) is 17.0. The van der Waals surface area contributed by atoms with Crippen molar-refractivity contribution in [2.24, 2.45) is 17.8 Å². The summed E-state index contributed by atoms with van der Waals surface area (Å²) in [5.41, 5.74) is 0. The van der Waals surface area contributed by atoms with Gasteiger partial charge >= 0.3 is 0 Å². The van der Waals surface area contributed by atoms with E-state index in [0.29, 0.717) is 6.04 Å². The average molecular weight is 309 g/mol. The molecule has 1 aliphatic rings. The fourth-order valence-corrected chi connectivity index (χ4v) is 4.34. The Hall–Kier alpha value is -0.380. The molecule has 0 aromatic carbocycles. The van der Waals surface area contributed by atoms with E-state index in [2.05, 4.69) is 57.0 Å². The summed E-state index contributed by atoms with van der Waals surface area (Å²) < 4.78 is 0. The molecule has 3 unspecified atom stereocenters. The fourth-order valence-electron chi connectivity index (χ4n) is 3.33. The quantitative estimate of drug-likeness (QED) is 0.840. The number of piperidine rings is 1. The molecule has 0 bridgehead atoms. The van der Waals surface area contributed by atoms with Gasteiger partial charge < -0.3 is 5.32 Å². The summed E-state index contributed by atoms with van der Waals surface area (Å²) >= 11 is 1.98. The number of hydrogen-bond acceptors (Lipinski definition) is 3. The summed E-state index contributed by atoms with van der Waals surface area (Å²) in [4.78, 5) is 5.66. The van der Waals surface area contributed by atoms with Crippen LogP contribution in [0.5, 0.6) is 0 Å². The highest BCUT2D eigenvalue weighted by Crippen LogP contribution is 2.29. The van der Waals surface area contributed by atoms with Crippen molar-refractivity contribution >= 4 is 11.3 Å². The molecule has 3 heteroatoms. The zero-order valence-electron chi connectivity index (χ0n) is 14.4. The minimum absolute atomic E-state index is 0.714. The SMILES string of the molecule is CC(C)CNCc1ccc(CN2CC(C)CC(C)C2C)s1. The molecule has 120 valence electrons. The number of hydrogen-bond donors (Lipinski definition) is 1. The van der Waals surface area contributed by atoms with Crippen molar-refractivity contribution in [1.82, 2.24) is 10.2 Å². The highest BCUT2D eigenvalue weighted by atomic mass is 32.1. The van der Waals surface area contributed by atoms with Crippen molar-refractivity contribution in [3.63, 3.8) is 0 Å². The number of rotatable bonds is 6. The van der Waals surface area contributed by atoms with Crippen LogP contribution >= 0.6 is 11.3 Å². The molecule has 1 saturated heterocycles. The summed E-state index contributed by atoms with van der Waals surface area (Å²) in [6, 6.07) is 5.34. The normalized spacial score (nSPS) is 27.4. The van der Waals surface area contributed by atoms with Gasteiger partial charge in [-0.1, -0.05) is 27.7 Å². The minimum atomic E-state index is 0.714. The zero-order chi connectivity index (χ0) is 15.4. The molecule has 1 fully saturated rings. The van der Waals surface area contributed by atoms with Crippen LogP contribution in [0.3, 0.4) is 0 Å². The van der Waals surface area contributed by atoms with Crippen LogP contribution in [0.15, 0.2) is 12.1 Å². The van der Waals surface area contributed by atoms with Gasteiger partial charge in [0, 0.05) is 35.4 Å². The summed E-state index contributed by atoms with van der Waals surface area (Å²) in [5.74, 6) is 2.38. The van der Waals surface area contributed by atoms with Crippen molar-refractivity contribution in [2.45, 2.75) is 60.2 Å². The van der Waals surface area contributed by atoms with Gasteiger partial charge in [-0.2, -0.15) is 0 Å². The van der Waals surface area contributed by atoms with E-state index in [1.165, 1.54) is 22.7 Å². The molecule has 2 rings (SSSR count). The number of nitrogens with zero attached hydrogens (tertiary/aromatic N) is 1. The lowest BCUT2D eigenvalue weighted by Gasteiger charge is -2.40. The maximum atomic E-state index is 3.54. The third kappa shape index (κ3) is 5.08. The Bertz CT molecular complexity index is 427. The second-order valence-corrected chi connectivity index (χ2v) is 8.63. The minimum Gasteiger partial charge on any atom is -0.312 e. The Morgan fingerprint density at radius 2 is 1.95 bits per heavy atom. The van der Waals surface area contributed by atoms with E-state index in [-0.39, 0.29) is 0 Å². The Morgan fingerprint density at radius 1 is 1.24 bits per heavy atom. The smallest absolute Gasteiger partial charge is 0.0331 e. The summed E-state index contributed by atoms with van der Waals surface area (Å²) in [5, 5.41) is 3.54. The van der Waals surface area contributed by atoms with Gasteiger partial charge in [0.2, 0.25) is 0 Å². The largest absolute Gasteiger partial charge is 0.312 e. The second kappa shape index (κ2) is 7.75. The molecule has 21 heavy (non-hydrogen) atoms. The van der Waals surface area contributed by atoms with Gasteiger partial charge in [-0.15, -0.1) is 11.3 Å². The predicted octanol–water partition coefficient (Wildman–Crippen LogP) is 4.36. The van der Waals surface area contributed by atoms with Crippen LogP contribution < -0.4 is 5.32 Å².